The molecule has 4 heteroatoms. The second-order valence-electron chi connectivity index (χ2n) is 3.96. The Morgan fingerprint density at radius 1 is 1.28 bits per heavy atom. The van der Waals surface area contributed by atoms with E-state index < -0.39 is 0 Å². The zero-order valence-electron chi connectivity index (χ0n) is 9.77. The normalized spacial score (nSPS) is 10.8. The summed E-state index contributed by atoms with van der Waals surface area (Å²) in [6.45, 7) is 0. The van der Waals surface area contributed by atoms with Crippen LogP contribution in [0.3, 0.4) is 0 Å². The summed E-state index contributed by atoms with van der Waals surface area (Å²) >= 11 is 6.16. The van der Waals surface area contributed by atoms with Gasteiger partial charge in [0.1, 0.15) is 10.9 Å². The summed E-state index contributed by atoms with van der Waals surface area (Å²) in [5, 5.41) is 1.44. The Hall–Kier alpha value is -2.00. The molecule has 3 nitrogen and oxygen atoms in total. The predicted molar refractivity (Wildman–Crippen MR) is 73.1 cm³/mol. The molecular weight excluding hydrogens is 248 g/mol. The molecule has 0 amide bonds. The highest BCUT2D eigenvalue weighted by Gasteiger charge is 2.10. The molecule has 0 fully saturated rings. The number of benzene rings is 1. The fourth-order valence-corrected chi connectivity index (χ4v) is 2.31. The maximum absolute atomic E-state index is 6.16. The molecule has 3 aromatic rings. The van der Waals surface area contributed by atoms with E-state index in [0.717, 1.165) is 27.8 Å². The topological polar surface area (TPSA) is 37.9 Å². The molecule has 0 saturated heterocycles. The molecule has 0 aliphatic carbocycles. The van der Waals surface area contributed by atoms with Gasteiger partial charge in [0.05, 0.1) is 12.6 Å². The first-order chi connectivity index (χ1) is 8.79. The van der Waals surface area contributed by atoms with Crippen LogP contribution in [0, 0.1) is 0 Å². The number of halogens is 1. The number of hydrogen-bond donors (Lipinski definition) is 1. The third-order valence-electron chi connectivity index (χ3n) is 2.93. The van der Waals surface area contributed by atoms with Crippen molar-refractivity contribution < 1.29 is 4.74 Å². The smallest absolute Gasteiger partial charge is 0.138 e. The number of methoxy groups -OCH3 is 1. The molecule has 18 heavy (non-hydrogen) atoms. The first-order valence-corrected chi connectivity index (χ1v) is 5.93. The van der Waals surface area contributed by atoms with Crippen molar-refractivity contribution in [2.24, 2.45) is 0 Å². The van der Waals surface area contributed by atoms with E-state index in [1.165, 1.54) is 0 Å². The number of H-pyrrole nitrogens is 1. The van der Waals surface area contributed by atoms with Crippen LogP contribution in [0.4, 0.5) is 0 Å². The quantitative estimate of drug-likeness (QED) is 0.708. The summed E-state index contributed by atoms with van der Waals surface area (Å²) in [7, 11) is 1.66. The Balaban J connectivity index is 2.25. The van der Waals surface area contributed by atoms with E-state index in [9.17, 15) is 0 Å². The molecule has 0 aliphatic rings. The zero-order chi connectivity index (χ0) is 12.5. The van der Waals surface area contributed by atoms with Crippen molar-refractivity contribution in [2.75, 3.05) is 7.11 Å². The summed E-state index contributed by atoms with van der Waals surface area (Å²) < 4.78 is 5.24. The Bertz CT molecular complexity index is 706. The van der Waals surface area contributed by atoms with E-state index in [1.807, 2.05) is 36.5 Å². The molecule has 90 valence electrons. The van der Waals surface area contributed by atoms with Crippen molar-refractivity contribution in [2.45, 2.75) is 0 Å². The van der Waals surface area contributed by atoms with Gasteiger partial charge in [0.15, 0.2) is 0 Å². The lowest BCUT2D eigenvalue weighted by Gasteiger charge is -2.04. The SMILES string of the molecule is COc1cccc(-c2c[nH]c3ccnc(Cl)c23)c1. The number of fused-ring (bicyclic) bond motifs is 1. The fourth-order valence-electron chi connectivity index (χ4n) is 2.05. The third kappa shape index (κ3) is 1.73. The van der Waals surface area contributed by atoms with Crippen LogP contribution < -0.4 is 4.74 Å². The van der Waals surface area contributed by atoms with Crippen molar-refractivity contribution in [1.29, 1.82) is 0 Å². The molecule has 0 unspecified atom stereocenters. The van der Waals surface area contributed by atoms with Crippen LogP contribution >= 0.6 is 11.6 Å². The van der Waals surface area contributed by atoms with Crippen LogP contribution in [-0.4, -0.2) is 17.1 Å². The van der Waals surface area contributed by atoms with Crippen LogP contribution in [0.5, 0.6) is 5.75 Å². The highest BCUT2D eigenvalue weighted by molar-refractivity contribution is 6.35. The van der Waals surface area contributed by atoms with Gasteiger partial charge in [-0.05, 0) is 23.8 Å². The molecule has 0 atom stereocenters. The Labute approximate surface area is 109 Å². The number of nitrogens with zero attached hydrogens (tertiary/aromatic N) is 1. The van der Waals surface area contributed by atoms with Gasteiger partial charge < -0.3 is 9.72 Å². The average molecular weight is 259 g/mol. The Morgan fingerprint density at radius 3 is 3.00 bits per heavy atom. The monoisotopic (exact) mass is 258 g/mol. The van der Waals surface area contributed by atoms with Crippen LogP contribution in [-0.2, 0) is 0 Å². The number of nitrogens with one attached hydrogen (secondary N) is 1. The molecule has 1 N–H and O–H groups in total. The first kappa shape index (κ1) is 11.1. The second-order valence-corrected chi connectivity index (χ2v) is 4.32. The van der Waals surface area contributed by atoms with Gasteiger partial charge >= 0.3 is 0 Å². The molecule has 0 aliphatic heterocycles. The minimum atomic E-state index is 0.506. The van der Waals surface area contributed by atoms with Crippen LogP contribution in [0.1, 0.15) is 0 Å². The fraction of sp³-hybridized carbons (Fsp3) is 0.0714. The first-order valence-electron chi connectivity index (χ1n) is 5.55. The third-order valence-corrected chi connectivity index (χ3v) is 3.21. The largest absolute Gasteiger partial charge is 0.497 e. The van der Waals surface area contributed by atoms with E-state index in [2.05, 4.69) is 9.97 Å². The summed E-state index contributed by atoms with van der Waals surface area (Å²) in [4.78, 5) is 7.32. The van der Waals surface area contributed by atoms with E-state index in [4.69, 9.17) is 16.3 Å². The predicted octanol–water partition coefficient (Wildman–Crippen LogP) is 3.89. The standard InChI is InChI=1S/C14H11ClN2O/c1-18-10-4-2-3-9(7-10)11-8-17-12-5-6-16-14(15)13(11)12/h2-8,17H,1H3. The Morgan fingerprint density at radius 2 is 2.17 bits per heavy atom. The van der Waals surface area contributed by atoms with Gasteiger partial charge in [-0.25, -0.2) is 4.98 Å². The van der Waals surface area contributed by atoms with Crippen molar-refractivity contribution in [3.05, 3.63) is 47.9 Å². The number of pyridine rings is 1. The van der Waals surface area contributed by atoms with Crippen molar-refractivity contribution in [3.8, 4) is 16.9 Å². The molecule has 0 spiro atoms. The highest BCUT2D eigenvalue weighted by Crippen LogP contribution is 2.33. The Kier molecular flexibility index (Phi) is 2.68. The maximum atomic E-state index is 6.16. The minimum Gasteiger partial charge on any atom is -0.497 e. The van der Waals surface area contributed by atoms with Gasteiger partial charge in [0.25, 0.3) is 0 Å². The van der Waals surface area contributed by atoms with E-state index in [1.54, 1.807) is 13.3 Å². The molecule has 1 aromatic carbocycles. The maximum Gasteiger partial charge on any atom is 0.138 e. The lowest BCUT2D eigenvalue weighted by Crippen LogP contribution is -1.83. The summed E-state index contributed by atoms with van der Waals surface area (Å²) in [5.41, 5.74) is 3.06. The number of ether oxygens (including phenoxy) is 1. The lowest BCUT2D eigenvalue weighted by molar-refractivity contribution is 0.415. The minimum absolute atomic E-state index is 0.506. The molecule has 2 heterocycles. The van der Waals surface area contributed by atoms with Gasteiger partial charge in [-0.15, -0.1) is 0 Å². The summed E-state index contributed by atoms with van der Waals surface area (Å²) in [6.07, 6.45) is 3.63. The number of aromatic nitrogens is 2. The summed E-state index contributed by atoms with van der Waals surface area (Å²) in [6, 6.07) is 9.78. The van der Waals surface area contributed by atoms with E-state index in [-0.39, 0.29) is 0 Å². The zero-order valence-corrected chi connectivity index (χ0v) is 10.5. The van der Waals surface area contributed by atoms with Crippen LogP contribution in [0.15, 0.2) is 42.7 Å². The highest BCUT2D eigenvalue weighted by atomic mass is 35.5. The number of aromatic amines is 1. The van der Waals surface area contributed by atoms with E-state index in [0.29, 0.717) is 5.15 Å². The van der Waals surface area contributed by atoms with E-state index >= 15 is 0 Å². The van der Waals surface area contributed by atoms with Gasteiger partial charge in [-0.3, -0.25) is 0 Å². The molecule has 2 aromatic heterocycles. The number of rotatable bonds is 2. The van der Waals surface area contributed by atoms with Crippen molar-refractivity contribution in [3.63, 3.8) is 0 Å². The molecule has 0 radical (unpaired) electrons. The average Bonchev–Trinajstić information content (AvgIpc) is 2.84. The van der Waals surface area contributed by atoms with Gasteiger partial charge in [0, 0.05) is 23.3 Å². The summed E-state index contributed by atoms with van der Waals surface area (Å²) in [5.74, 6) is 0.821. The molecule has 0 saturated carbocycles. The van der Waals surface area contributed by atoms with Gasteiger partial charge in [0.2, 0.25) is 0 Å². The van der Waals surface area contributed by atoms with Crippen LogP contribution in [0.2, 0.25) is 5.15 Å². The van der Waals surface area contributed by atoms with Crippen molar-refractivity contribution >= 4 is 22.5 Å². The van der Waals surface area contributed by atoms with Gasteiger partial charge in [-0.1, -0.05) is 23.7 Å². The van der Waals surface area contributed by atoms with Crippen LogP contribution in [0.25, 0.3) is 22.0 Å². The second kappa shape index (κ2) is 4.35. The molecular formula is C14H11ClN2O. The molecule has 3 rings (SSSR count). The lowest BCUT2D eigenvalue weighted by atomic mass is 10.1. The number of hydrogen-bond acceptors (Lipinski definition) is 2. The van der Waals surface area contributed by atoms with Gasteiger partial charge in [-0.2, -0.15) is 0 Å². The van der Waals surface area contributed by atoms with Crippen molar-refractivity contribution in [1.82, 2.24) is 9.97 Å². The molecule has 0 bridgehead atoms.